The summed E-state index contributed by atoms with van der Waals surface area (Å²) in [6.45, 7) is 11.6. The Labute approximate surface area is 289 Å². The molecule has 2 aromatic heterocycles. The highest BCUT2D eigenvalue weighted by molar-refractivity contribution is 7.92. The Bertz CT molecular complexity index is 2000. The maximum atomic E-state index is 14.5. The average Bonchev–Trinajstić information content (AvgIpc) is 3.33. The summed E-state index contributed by atoms with van der Waals surface area (Å²) in [6, 6.07) is 13.8. The van der Waals surface area contributed by atoms with Gasteiger partial charge in [0.15, 0.2) is 0 Å². The number of rotatable bonds is 5. The number of amides is 1. The Morgan fingerprint density at radius 2 is 1.76 bits per heavy atom. The van der Waals surface area contributed by atoms with Gasteiger partial charge in [-0.1, -0.05) is 45.0 Å². The predicted molar refractivity (Wildman–Crippen MR) is 190 cm³/mol. The number of aromatic nitrogens is 4. The van der Waals surface area contributed by atoms with Crippen molar-refractivity contribution in [2.75, 3.05) is 22.8 Å². The molecule has 3 atom stereocenters. The van der Waals surface area contributed by atoms with E-state index in [2.05, 4.69) is 45.3 Å². The quantitative estimate of drug-likeness (QED) is 0.253. The standard InChI is InChI=1S/C37H43N7O4S.H2/c1-23-8-6-9-24(2)34(23)30-17-33-41-36(40-30)42-49(46,47)29-11-7-10-26(16-29)35(45)44(28(22-48-33)18-37(3,4)5)21-27-19-38-20-32(39-27)43-15-14-25-12-13-31(25)43;/h6-11,16-17,19-20,25,28,31H,12-15,18,21-22H2,1-5H3,(H,40,41,42);1H/t25?,28-,31?;/m1./s1. The molecule has 258 valence electrons. The van der Waals surface area contributed by atoms with Gasteiger partial charge in [0.2, 0.25) is 11.8 Å². The Kier molecular flexibility index (Phi) is 8.54. The van der Waals surface area contributed by atoms with Crippen molar-refractivity contribution in [1.82, 2.24) is 24.8 Å². The minimum atomic E-state index is -4.17. The van der Waals surface area contributed by atoms with Crippen molar-refractivity contribution in [3.05, 3.63) is 83.3 Å². The molecule has 1 amide bonds. The lowest BCUT2D eigenvalue weighted by Gasteiger charge is -2.37. The molecule has 2 unspecified atom stereocenters. The Balaban J connectivity index is 0.00000432. The first-order valence-electron chi connectivity index (χ1n) is 16.9. The van der Waals surface area contributed by atoms with Crippen LogP contribution in [0.4, 0.5) is 11.8 Å². The third-order valence-electron chi connectivity index (χ3n) is 9.85. The molecule has 12 heteroatoms. The van der Waals surface area contributed by atoms with E-state index in [1.54, 1.807) is 29.3 Å². The van der Waals surface area contributed by atoms with Crippen molar-refractivity contribution in [2.24, 2.45) is 11.3 Å². The number of aryl methyl sites for hydroxylation is 2. The molecule has 4 heterocycles. The van der Waals surface area contributed by atoms with Gasteiger partial charge in [-0.05, 0) is 80.2 Å². The molecule has 3 aliphatic rings. The number of carbonyl (C=O) groups excluding carboxylic acids is 1. The topological polar surface area (TPSA) is 131 Å². The number of benzene rings is 2. The van der Waals surface area contributed by atoms with E-state index < -0.39 is 16.1 Å². The van der Waals surface area contributed by atoms with Crippen LogP contribution in [0.3, 0.4) is 0 Å². The molecule has 11 nitrogen and oxygen atoms in total. The number of fused-ring (bicyclic) bond motifs is 5. The number of nitrogens with zero attached hydrogens (tertiary/aromatic N) is 6. The molecule has 7 rings (SSSR count). The summed E-state index contributed by atoms with van der Waals surface area (Å²) in [5, 5.41) is 0. The van der Waals surface area contributed by atoms with Gasteiger partial charge in [-0.3, -0.25) is 9.78 Å². The summed E-state index contributed by atoms with van der Waals surface area (Å²) in [6.07, 6.45) is 7.70. The number of sulfonamides is 1. The normalized spacial score (nSPS) is 21.7. The lowest BCUT2D eigenvalue weighted by atomic mass is 9.80. The highest BCUT2D eigenvalue weighted by Gasteiger charge is 2.41. The number of carbonyl (C=O) groups is 1. The molecule has 0 radical (unpaired) electrons. The van der Waals surface area contributed by atoms with Gasteiger partial charge in [-0.2, -0.15) is 4.98 Å². The summed E-state index contributed by atoms with van der Waals surface area (Å²) in [7, 11) is -4.17. The van der Waals surface area contributed by atoms with Crippen molar-refractivity contribution in [3.63, 3.8) is 0 Å². The molecule has 4 aromatic rings. The van der Waals surface area contributed by atoms with Crippen LogP contribution in [0.15, 0.2) is 65.8 Å². The molecular formula is C37H45N7O4S. The lowest BCUT2D eigenvalue weighted by Crippen LogP contribution is -2.45. The van der Waals surface area contributed by atoms with Crippen LogP contribution < -0.4 is 14.4 Å². The molecule has 0 spiro atoms. The van der Waals surface area contributed by atoms with Crippen molar-refractivity contribution in [3.8, 4) is 17.1 Å². The second kappa shape index (κ2) is 12.7. The minimum Gasteiger partial charge on any atom is -0.475 e. The largest absolute Gasteiger partial charge is 0.475 e. The van der Waals surface area contributed by atoms with Crippen molar-refractivity contribution >= 4 is 27.7 Å². The van der Waals surface area contributed by atoms with Gasteiger partial charge in [0.25, 0.3) is 15.9 Å². The zero-order chi connectivity index (χ0) is 34.5. The van der Waals surface area contributed by atoms with Crippen molar-refractivity contribution in [2.45, 2.75) is 83.8 Å². The molecule has 4 bridgehead atoms. The van der Waals surface area contributed by atoms with E-state index in [-0.39, 0.29) is 48.2 Å². The molecule has 49 heavy (non-hydrogen) atoms. The first kappa shape index (κ1) is 32.9. The second-order valence-electron chi connectivity index (χ2n) is 14.7. The van der Waals surface area contributed by atoms with Crippen LogP contribution in [0, 0.1) is 25.2 Å². The second-order valence-corrected chi connectivity index (χ2v) is 16.4. The summed E-state index contributed by atoms with van der Waals surface area (Å²) in [5.41, 5.74) is 4.08. The molecule has 1 N–H and O–H groups in total. The Morgan fingerprint density at radius 3 is 2.47 bits per heavy atom. The third kappa shape index (κ3) is 6.83. The van der Waals surface area contributed by atoms with Gasteiger partial charge in [-0.15, -0.1) is 0 Å². The zero-order valence-corrected chi connectivity index (χ0v) is 29.5. The van der Waals surface area contributed by atoms with Crippen LogP contribution in [-0.2, 0) is 16.6 Å². The SMILES string of the molecule is Cc1cccc(C)c1-c1cc2nc(n1)NS(=O)(=O)c1cccc(c1)C(=O)N(Cc1cncc(N3CCC4CCC43)n1)[C@H](CC(C)(C)C)CO2.[HH]. The Morgan fingerprint density at radius 1 is 0.980 bits per heavy atom. The van der Waals surface area contributed by atoms with E-state index in [0.29, 0.717) is 23.9 Å². The molecule has 2 fully saturated rings. The Hall–Kier alpha value is -4.58. The van der Waals surface area contributed by atoms with E-state index in [0.717, 1.165) is 47.8 Å². The number of hydrogen-bond acceptors (Lipinski definition) is 9. The van der Waals surface area contributed by atoms with Crippen LogP contribution in [0.2, 0.25) is 0 Å². The number of anilines is 2. The zero-order valence-electron chi connectivity index (χ0n) is 28.7. The van der Waals surface area contributed by atoms with Gasteiger partial charge in [-0.25, -0.2) is 23.1 Å². The van der Waals surface area contributed by atoms with Crippen LogP contribution in [0.1, 0.15) is 75.1 Å². The summed E-state index contributed by atoms with van der Waals surface area (Å²) < 4.78 is 36.4. The van der Waals surface area contributed by atoms with E-state index in [9.17, 15) is 13.2 Å². The van der Waals surface area contributed by atoms with Gasteiger partial charge in [0, 0.05) is 31.2 Å². The maximum Gasteiger partial charge on any atom is 0.264 e. The number of ether oxygens (including phenoxy) is 1. The highest BCUT2D eigenvalue weighted by Crippen LogP contribution is 2.42. The van der Waals surface area contributed by atoms with Crippen LogP contribution in [-0.4, -0.2) is 64.4 Å². The third-order valence-corrected chi connectivity index (χ3v) is 11.2. The fourth-order valence-electron chi connectivity index (χ4n) is 7.38. The smallest absolute Gasteiger partial charge is 0.264 e. The van der Waals surface area contributed by atoms with Crippen LogP contribution in [0.25, 0.3) is 11.3 Å². The molecule has 1 saturated heterocycles. The number of nitrogens with one attached hydrogen (secondary N) is 1. The fraction of sp³-hybridized carbons (Fsp3) is 0.432. The highest BCUT2D eigenvalue weighted by atomic mass is 32.2. The molecule has 2 aromatic carbocycles. The summed E-state index contributed by atoms with van der Waals surface area (Å²) in [4.78, 5) is 37.3. The molecule has 1 aliphatic carbocycles. The first-order valence-corrected chi connectivity index (χ1v) is 18.4. The van der Waals surface area contributed by atoms with E-state index in [4.69, 9.17) is 9.72 Å². The number of hydrogen-bond donors (Lipinski definition) is 1. The average molecular weight is 684 g/mol. The van der Waals surface area contributed by atoms with E-state index in [1.165, 1.54) is 18.6 Å². The lowest BCUT2D eigenvalue weighted by molar-refractivity contribution is 0.0509. The minimum absolute atomic E-state index is 0. The molecular weight excluding hydrogens is 639 g/mol. The fourth-order valence-corrected chi connectivity index (χ4v) is 8.37. The van der Waals surface area contributed by atoms with Crippen LogP contribution >= 0.6 is 0 Å². The van der Waals surface area contributed by atoms with Crippen LogP contribution in [0.5, 0.6) is 5.88 Å². The van der Waals surface area contributed by atoms with Gasteiger partial charge in [0.05, 0.1) is 41.3 Å². The van der Waals surface area contributed by atoms with E-state index in [1.807, 2.05) is 38.2 Å². The van der Waals surface area contributed by atoms with Gasteiger partial charge < -0.3 is 14.5 Å². The van der Waals surface area contributed by atoms with E-state index >= 15 is 0 Å². The summed E-state index contributed by atoms with van der Waals surface area (Å²) in [5.74, 6) is 1.32. The predicted octanol–water partition coefficient (Wildman–Crippen LogP) is 6.43. The monoisotopic (exact) mass is 683 g/mol. The molecule has 2 aliphatic heterocycles. The maximum absolute atomic E-state index is 14.5. The van der Waals surface area contributed by atoms with Crippen molar-refractivity contribution in [1.29, 1.82) is 0 Å². The molecule has 1 saturated carbocycles. The summed E-state index contributed by atoms with van der Waals surface area (Å²) >= 11 is 0. The van der Waals surface area contributed by atoms with Crippen molar-refractivity contribution < 1.29 is 19.4 Å². The van der Waals surface area contributed by atoms with Gasteiger partial charge >= 0.3 is 0 Å². The first-order chi connectivity index (χ1) is 23.3. The van der Waals surface area contributed by atoms with Gasteiger partial charge in [0.1, 0.15) is 12.4 Å².